The molecule has 0 bridgehead atoms. The Morgan fingerprint density at radius 2 is 1.94 bits per heavy atom. The molecule has 0 saturated heterocycles. The maximum atomic E-state index is 13.8. The summed E-state index contributed by atoms with van der Waals surface area (Å²) < 4.78 is 21.0. The highest BCUT2D eigenvalue weighted by Crippen LogP contribution is 2.25. The smallest absolute Gasteiger partial charge is 0.261 e. The van der Waals surface area contributed by atoms with Gasteiger partial charge in [-0.3, -0.25) is 23.9 Å². The summed E-state index contributed by atoms with van der Waals surface area (Å²) in [6, 6.07) is 10.6. The van der Waals surface area contributed by atoms with Crippen molar-refractivity contribution in [2.75, 3.05) is 18.1 Å². The van der Waals surface area contributed by atoms with Crippen molar-refractivity contribution < 1.29 is 23.5 Å². The van der Waals surface area contributed by atoms with Crippen molar-refractivity contribution in [3.05, 3.63) is 77.9 Å². The molecule has 0 unspecified atom stereocenters. The number of rotatable bonds is 9. The van der Waals surface area contributed by atoms with E-state index in [0.29, 0.717) is 28.8 Å². The van der Waals surface area contributed by atoms with E-state index in [2.05, 4.69) is 22.1 Å². The lowest BCUT2D eigenvalue weighted by Gasteiger charge is -2.10. The van der Waals surface area contributed by atoms with Gasteiger partial charge in [-0.15, -0.1) is 16.8 Å². The quantitative estimate of drug-likeness (QED) is 0.284. The number of ether oxygens (including phenoxy) is 1. The number of nitrogens with one attached hydrogen (secondary N) is 1. The average molecular weight is 482 g/mol. The van der Waals surface area contributed by atoms with Crippen LogP contribution in [0, 0.1) is 5.82 Å². The number of thioether (sulfide) groups is 1. The van der Waals surface area contributed by atoms with Gasteiger partial charge in [0.1, 0.15) is 6.61 Å². The van der Waals surface area contributed by atoms with Crippen LogP contribution < -0.4 is 10.1 Å². The molecule has 0 radical (unpaired) electrons. The van der Waals surface area contributed by atoms with E-state index in [9.17, 15) is 18.8 Å². The van der Waals surface area contributed by atoms with Crippen molar-refractivity contribution in [3.63, 3.8) is 0 Å². The number of anilines is 1. The van der Waals surface area contributed by atoms with Crippen LogP contribution in [0.25, 0.3) is 0 Å². The number of halogens is 1. The summed E-state index contributed by atoms with van der Waals surface area (Å²) in [5.74, 6) is -1.01. The van der Waals surface area contributed by atoms with E-state index < -0.39 is 11.7 Å². The Morgan fingerprint density at radius 3 is 2.71 bits per heavy atom. The lowest BCUT2D eigenvalue weighted by molar-refractivity contribution is -0.113. The SMILES string of the molecule is C=CCn1c(COc2ccccc2F)nnc1SCC(=O)Nc1ccc2c(c1)C(=O)N(C)C2=O. The van der Waals surface area contributed by atoms with Crippen LogP contribution in [0.3, 0.4) is 0 Å². The van der Waals surface area contributed by atoms with Crippen LogP contribution in [0.2, 0.25) is 0 Å². The summed E-state index contributed by atoms with van der Waals surface area (Å²) in [5.41, 5.74) is 0.970. The zero-order valence-corrected chi connectivity index (χ0v) is 19.0. The third-order valence-electron chi connectivity index (χ3n) is 5.00. The molecule has 34 heavy (non-hydrogen) atoms. The zero-order chi connectivity index (χ0) is 24.2. The van der Waals surface area contributed by atoms with Gasteiger partial charge in [0.2, 0.25) is 5.91 Å². The molecule has 0 aliphatic carbocycles. The van der Waals surface area contributed by atoms with Crippen LogP contribution in [0.15, 0.2) is 60.3 Å². The largest absolute Gasteiger partial charge is 0.483 e. The van der Waals surface area contributed by atoms with E-state index in [0.717, 1.165) is 16.7 Å². The number of hydrogen-bond donors (Lipinski definition) is 1. The summed E-state index contributed by atoms with van der Waals surface area (Å²) in [6.07, 6.45) is 1.65. The Morgan fingerprint density at radius 1 is 1.18 bits per heavy atom. The molecule has 1 aromatic heterocycles. The Bertz CT molecular complexity index is 1290. The normalized spacial score (nSPS) is 12.6. The number of aromatic nitrogens is 3. The fourth-order valence-corrected chi connectivity index (χ4v) is 4.08. The van der Waals surface area contributed by atoms with Crippen molar-refractivity contribution in [2.24, 2.45) is 0 Å². The van der Waals surface area contributed by atoms with E-state index in [1.165, 1.54) is 31.3 Å². The molecule has 1 aliphatic heterocycles. The first-order chi connectivity index (χ1) is 16.4. The minimum absolute atomic E-state index is 0.00908. The molecule has 4 rings (SSSR count). The maximum absolute atomic E-state index is 13.8. The predicted octanol–water partition coefficient (Wildman–Crippen LogP) is 3.14. The summed E-state index contributed by atoms with van der Waals surface area (Å²) >= 11 is 1.16. The molecule has 174 valence electrons. The molecule has 2 heterocycles. The van der Waals surface area contributed by atoms with Gasteiger partial charge in [0.15, 0.2) is 22.5 Å². The number of fused-ring (bicyclic) bond motifs is 1. The highest BCUT2D eigenvalue weighted by Gasteiger charge is 2.32. The van der Waals surface area contributed by atoms with Gasteiger partial charge in [0, 0.05) is 19.3 Å². The number of para-hydroxylation sites is 1. The fraction of sp³-hybridized carbons (Fsp3) is 0.174. The van der Waals surface area contributed by atoms with Crippen molar-refractivity contribution in [1.29, 1.82) is 0 Å². The van der Waals surface area contributed by atoms with E-state index in [1.807, 2.05) is 0 Å². The number of benzene rings is 2. The van der Waals surface area contributed by atoms with Gasteiger partial charge in [0.25, 0.3) is 11.8 Å². The first kappa shape index (κ1) is 23.2. The van der Waals surface area contributed by atoms with Gasteiger partial charge < -0.3 is 10.1 Å². The highest BCUT2D eigenvalue weighted by atomic mass is 32.2. The number of carbonyl (C=O) groups excluding carboxylic acids is 3. The summed E-state index contributed by atoms with van der Waals surface area (Å²) in [7, 11) is 1.41. The monoisotopic (exact) mass is 481 g/mol. The Hall–Kier alpha value is -3.99. The van der Waals surface area contributed by atoms with Gasteiger partial charge in [-0.25, -0.2) is 4.39 Å². The first-order valence-electron chi connectivity index (χ1n) is 10.2. The third-order valence-corrected chi connectivity index (χ3v) is 5.97. The summed E-state index contributed by atoms with van der Waals surface area (Å²) in [5, 5.41) is 11.4. The Labute approximate surface area is 198 Å². The molecule has 0 spiro atoms. The van der Waals surface area contributed by atoms with E-state index in [1.54, 1.807) is 28.8 Å². The van der Waals surface area contributed by atoms with E-state index >= 15 is 0 Å². The summed E-state index contributed by atoms with van der Waals surface area (Å²) in [6.45, 7) is 4.09. The van der Waals surface area contributed by atoms with Gasteiger partial charge in [-0.05, 0) is 30.3 Å². The van der Waals surface area contributed by atoms with E-state index in [4.69, 9.17) is 4.74 Å². The topological polar surface area (TPSA) is 106 Å². The van der Waals surface area contributed by atoms with Crippen LogP contribution in [-0.2, 0) is 17.9 Å². The van der Waals surface area contributed by atoms with Crippen LogP contribution >= 0.6 is 11.8 Å². The molecule has 0 atom stereocenters. The van der Waals surface area contributed by atoms with Crippen LogP contribution in [0.1, 0.15) is 26.5 Å². The van der Waals surface area contributed by atoms with Crippen molar-refractivity contribution >= 4 is 35.2 Å². The minimum atomic E-state index is -0.479. The molecule has 11 heteroatoms. The first-order valence-corrected chi connectivity index (χ1v) is 11.2. The highest BCUT2D eigenvalue weighted by molar-refractivity contribution is 7.99. The minimum Gasteiger partial charge on any atom is -0.483 e. The molecule has 3 amide bonds. The second kappa shape index (κ2) is 9.87. The standard InChI is InChI=1S/C23H20FN5O4S/c1-3-10-29-19(12-33-18-7-5-4-6-17(18)24)26-27-23(29)34-13-20(30)25-14-8-9-15-16(11-14)22(32)28(2)21(15)31/h3-9,11H,1,10,12-13H2,2H3,(H,25,30). The Balaban J connectivity index is 1.39. The van der Waals surface area contributed by atoms with Gasteiger partial charge in [0.05, 0.1) is 16.9 Å². The second-order valence-corrected chi connectivity index (χ2v) is 8.23. The maximum Gasteiger partial charge on any atom is 0.261 e. The molecule has 3 aromatic rings. The number of carbonyl (C=O) groups is 3. The number of amides is 3. The lowest BCUT2D eigenvalue weighted by atomic mass is 10.1. The van der Waals surface area contributed by atoms with Gasteiger partial charge in [-0.2, -0.15) is 0 Å². The molecule has 9 nitrogen and oxygen atoms in total. The number of hydrogen-bond acceptors (Lipinski definition) is 7. The van der Waals surface area contributed by atoms with Crippen molar-refractivity contribution in [1.82, 2.24) is 19.7 Å². The average Bonchev–Trinajstić information content (AvgIpc) is 3.31. The van der Waals surface area contributed by atoms with Crippen molar-refractivity contribution in [2.45, 2.75) is 18.3 Å². The zero-order valence-electron chi connectivity index (χ0n) is 18.2. The predicted molar refractivity (Wildman–Crippen MR) is 123 cm³/mol. The fourth-order valence-electron chi connectivity index (χ4n) is 3.32. The van der Waals surface area contributed by atoms with Gasteiger partial charge >= 0.3 is 0 Å². The van der Waals surface area contributed by atoms with Crippen LogP contribution in [-0.4, -0.2) is 50.2 Å². The molecular weight excluding hydrogens is 461 g/mol. The Kier molecular flexibility index (Phi) is 6.73. The molecule has 0 fully saturated rings. The number of nitrogens with zero attached hydrogens (tertiary/aromatic N) is 4. The van der Waals surface area contributed by atoms with Crippen LogP contribution in [0.4, 0.5) is 10.1 Å². The lowest BCUT2D eigenvalue weighted by Crippen LogP contribution is -2.24. The number of imide groups is 1. The van der Waals surface area contributed by atoms with E-state index in [-0.39, 0.29) is 35.5 Å². The molecule has 1 N–H and O–H groups in total. The molecule has 2 aromatic carbocycles. The number of allylic oxidation sites excluding steroid dienone is 1. The van der Waals surface area contributed by atoms with Gasteiger partial charge in [-0.1, -0.05) is 30.0 Å². The second-order valence-electron chi connectivity index (χ2n) is 7.28. The summed E-state index contributed by atoms with van der Waals surface area (Å²) in [4.78, 5) is 37.7. The molecule has 1 aliphatic rings. The molecule has 0 saturated carbocycles. The molecular formula is C23H20FN5O4S. The van der Waals surface area contributed by atoms with Crippen LogP contribution in [0.5, 0.6) is 5.75 Å². The van der Waals surface area contributed by atoms with Crippen molar-refractivity contribution in [3.8, 4) is 5.75 Å². The third kappa shape index (κ3) is 4.69.